The fourth-order valence-electron chi connectivity index (χ4n) is 1.01. The highest BCUT2D eigenvalue weighted by molar-refractivity contribution is 5.92. The maximum Gasteiger partial charge on any atom is 0.371 e. The summed E-state index contributed by atoms with van der Waals surface area (Å²) < 4.78 is 4.88. The molecule has 0 saturated heterocycles. The van der Waals surface area contributed by atoms with Crippen molar-refractivity contribution in [2.75, 3.05) is 0 Å². The quantitative estimate of drug-likeness (QED) is 0.578. The third kappa shape index (κ3) is 3.83. The molecule has 0 bridgehead atoms. The minimum atomic E-state index is -1.40. The summed E-state index contributed by atoms with van der Waals surface area (Å²) in [5.41, 5.74) is 0.764. The van der Waals surface area contributed by atoms with Crippen molar-refractivity contribution in [1.29, 1.82) is 0 Å². The van der Waals surface area contributed by atoms with Gasteiger partial charge < -0.3 is 14.9 Å². The van der Waals surface area contributed by atoms with Gasteiger partial charge in [0.1, 0.15) is 6.61 Å². The minimum absolute atomic E-state index is 0.0201. The SMILES string of the molecule is O=C(O)/C=C(\OCc1ccccc1)C(=O)O. The molecule has 0 aromatic heterocycles. The second-order valence-electron chi connectivity index (χ2n) is 2.93. The normalized spacial score (nSPS) is 10.9. The number of benzene rings is 1. The van der Waals surface area contributed by atoms with Gasteiger partial charge in [-0.1, -0.05) is 30.3 Å². The Kier molecular flexibility index (Phi) is 4.08. The van der Waals surface area contributed by atoms with Crippen LogP contribution in [0, 0.1) is 0 Å². The van der Waals surface area contributed by atoms with Crippen LogP contribution in [0.5, 0.6) is 0 Å². The Balaban J connectivity index is 2.65. The van der Waals surface area contributed by atoms with E-state index in [0.717, 1.165) is 5.56 Å². The summed E-state index contributed by atoms with van der Waals surface area (Å²) in [5.74, 6) is -3.35. The fourth-order valence-corrected chi connectivity index (χ4v) is 1.01. The summed E-state index contributed by atoms with van der Waals surface area (Å²) >= 11 is 0. The smallest absolute Gasteiger partial charge is 0.371 e. The van der Waals surface area contributed by atoms with E-state index in [1.165, 1.54) is 0 Å². The monoisotopic (exact) mass is 222 g/mol. The zero-order valence-electron chi connectivity index (χ0n) is 8.29. The van der Waals surface area contributed by atoms with E-state index >= 15 is 0 Å². The maximum atomic E-state index is 10.6. The van der Waals surface area contributed by atoms with Crippen molar-refractivity contribution in [3.8, 4) is 0 Å². The summed E-state index contributed by atoms with van der Waals surface area (Å²) in [6.07, 6.45) is 0.519. The number of ether oxygens (including phenoxy) is 1. The number of carboxylic acids is 2. The predicted molar refractivity (Wildman–Crippen MR) is 54.6 cm³/mol. The van der Waals surface area contributed by atoms with E-state index in [9.17, 15) is 9.59 Å². The molecular weight excluding hydrogens is 212 g/mol. The molecule has 0 heterocycles. The van der Waals surface area contributed by atoms with Crippen LogP contribution in [0.15, 0.2) is 42.2 Å². The lowest BCUT2D eigenvalue weighted by Gasteiger charge is -2.05. The zero-order valence-corrected chi connectivity index (χ0v) is 8.29. The van der Waals surface area contributed by atoms with Gasteiger partial charge >= 0.3 is 11.9 Å². The van der Waals surface area contributed by atoms with E-state index in [4.69, 9.17) is 14.9 Å². The molecule has 1 aromatic carbocycles. The van der Waals surface area contributed by atoms with E-state index in [1.54, 1.807) is 24.3 Å². The first kappa shape index (κ1) is 11.8. The van der Waals surface area contributed by atoms with Gasteiger partial charge in [-0.05, 0) is 5.56 Å². The van der Waals surface area contributed by atoms with Gasteiger partial charge in [-0.2, -0.15) is 0 Å². The molecule has 1 aromatic rings. The average Bonchev–Trinajstić information content (AvgIpc) is 2.25. The molecule has 0 aliphatic carbocycles. The number of hydrogen-bond acceptors (Lipinski definition) is 3. The first-order valence-corrected chi connectivity index (χ1v) is 4.44. The highest BCUT2D eigenvalue weighted by Crippen LogP contribution is 2.06. The molecule has 0 saturated carbocycles. The molecule has 84 valence electrons. The maximum absolute atomic E-state index is 10.6. The molecular formula is C11H10O5. The molecule has 0 aliphatic rings. The van der Waals surface area contributed by atoms with Gasteiger partial charge in [0.2, 0.25) is 5.76 Å². The van der Waals surface area contributed by atoms with Crippen LogP contribution in [0.2, 0.25) is 0 Å². The fraction of sp³-hybridized carbons (Fsp3) is 0.0909. The molecule has 0 unspecified atom stereocenters. The van der Waals surface area contributed by atoms with Gasteiger partial charge in [0.25, 0.3) is 0 Å². The lowest BCUT2D eigenvalue weighted by Crippen LogP contribution is -2.07. The van der Waals surface area contributed by atoms with E-state index in [2.05, 4.69) is 0 Å². The summed E-state index contributed by atoms with van der Waals surface area (Å²) in [5, 5.41) is 17.1. The summed E-state index contributed by atoms with van der Waals surface area (Å²) in [6.45, 7) is 0.0201. The van der Waals surface area contributed by atoms with Crippen LogP contribution in [0.4, 0.5) is 0 Å². The third-order valence-electron chi connectivity index (χ3n) is 1.70. The lowest BCUT2D eigenvalue weighted by molar-refractivity contribution is -0.138. The zero-order chi connectivity index (χ0) is 12.0. The first-order valence-electron chi connectivity index (χ1n) is 4.44. The van der Waals surface area contributed by atoms with Crippen molar-refractivity contribution in [3.05, 3.63) is 47.7 Å². The third-order valence-corrected chi connectivity index (χ3v) is 1.70. The van der Waals surface area contributed by atoms with Gasteiger partial charge in [-0.15, -0.1) is 0 Å². The number of aliphatic carboxylic acids is 2. The van der Waals surface area contributed by atoms with Gasteiger partial charge in [0.05, 0.1) is 6.08 Å². The van der Waals surface area contributed by atoms with Gasteiger partial charge in [0.15, 0.2) is 0 Å². The topological polar surface area (TPSA) is 83.8 Å². The number of rotatable bonds is 5. The van der Waals surface area contributed by atoms with Gasteiger partial charge in [0, 0.05) is 0 Å². The van der Waals surface area contributed by atoms with Crippen LogP contribution in [-0.2, 0) is 20.9 Å². The van der Waals surface area contributed by atoms with Crippen LogP contribution < -0.4 is 0 Å². The summed E-state index contributed by atoms with van der Waals surface area (Å²) in [6, 6.07) is 8.87. The Bertz CT molecular complexity index is 408. The molecule has 0 amide bonds. The van der Waals surface area contributed by atoms with Crippen molar-refractivity contribution >= 4 is 11.9 Å². The molecule has 0 fully saturated rings. The van der Waals surface area contributed by atoms with E-state index in [1.807, 2.05) is 6.07 Å². The molecule has 0 aliphatic heterocycles. The highest BCUT2D eigenvalue weighted by atomic mass is 16.5. The Hall–Kier alpha value is -2.30. The van der Waals surface area contributed by atoms with Crippen molar-refractivity contribution in [3.63, 3.8) is 0 Å². The van der Waals surface area contributed by atoms with Crippen molar-refractivity contribution in [1.82, 2.24) is 0 Å². The average molecular weight is 222 g/mol. The predicted octanol–water partition coefficient (Wildman–Crippen LogP) is 1.26. The Morgan fingerprint density at radius 3 is 2.31 bits per heavy atom. The molecule has 5 nitrogen and oxygen atoms in total. The molecule has 0 spiro atoms. The van der Waals surface area contributed by atoms with E-state index < -0.39 is 17.7 Å². The molecule has 1 rings (SSSR count). The van der Waals surface area contributed by atoms with Crippen LogP contribution in [0.25, 0.3) is 0 Å². The molecule has 2 N–H and O–H groups in total. The number of hydrogen-bond donors (Lipinski definition) is 2. The molecule has 0 radical (unpaired) electrons. The second-order valence-corrected chi connectivity index (χ2v) is 2.93. The minimum Gasteiger partial charge on any atom is -0.481 e. The van der Waals surface area contributed by atoms with E-state index in [-0.39, 0.29) is 6.61 Å². The molecule has 0 atom stereocenters. The lowest BCUT2D eigenvalue weighted by atomic mass is 10.2. The van der Waals surface area contributed by atoms with Crippen LogP contribution in [-0.4, -0.2) is 22.2 Å². The largest absolute Gasteiger partial charge is 0.481 e. The van der Waals surface area contributed by atoms with Crippen molar-refractivity contribution < 1.29 is 24.5 Å². The first-order chi connectivity index (χ1) is 7.59. The van der Waals surface area contributed by atoms with Crippen LogP contribution in [0.1, 0.15) is 5.56 Å². The second kappa shape index (κ2) is 5.55. The molecule has 5 heteroatoms. The van der Waals surface area contributed by atoms with Crippen molar-refractivity contribution in [2.45, 2.75) is 6.61 Å². The Morgan fingerprint density at radius 1 is 1.19 bits per heavy atom. The van der Waals surface area contributed by atoms with Gasteiger partial charge in [-0.25, -0.2) is 9.59 Å². The van der Waals surface area contributed by atoms with Crippen LogP contribution >= 0.6 is 0 Å². The van der Waals surface area contributed by atoms with E-state index in [0.29, 0.717) is 6.08 Å². The molecule has 16 heavy (non-hydrogen) atoms. The summed E-state index contributed by atoms with van der Waals surface area (Å²) in [7, 11) is 0. The van der Waals surface area contributed by atoms with Crippen LogP contribution in [0.3, 0.4) is 0 Å². The Morgan fingerprint density at radius 2 is 1.81 bits per heavy atom. The number of carboxylic acid groups (broad SMARTS) is 2. The Labute approximate surface area is 91.6 Å². The standard InChI is InChI=1S/C11H10O5/c12-10(13)6-9(11(14)15)16-7-8-4-2-1-3-5-8/h1-6H,7H2,(H,12,13)(H,14,15)/b9-6-. The highest BCUT2D eigenvalue weighted by Gasteiger charge is 2.10. The summed E-state index contributed by atoms with van der Waals surface area (Å²) in [4.78, 5) is 20.9. The van der Waals surface area contributed by atoms with Gasteiger partial charge in [-0.3, -0.25) is 0 Å². The van der Waals surface area contributed by atoms with Crippen molar-refractivity contribution in [2.24, 2.45) is 0 Å². The number of carbonyl (C=O) groups is 2.